The number of aromatic nitrogens is 3. The Morgan fingerprint density at radius 3 is 2.69 bits per heavy atom. The molecule has 5 rings (SSSR count). The van der Waals surface area contributed by atoms with Crippen molar-refractivity contribution in [2.45, 2.75) is 6.54 Å². The van der Waals surface area contributed by atoms with Gasteiger partial charge in [-0.2, -0.15) is 0 Å². The fourth-order valence-corrected chi connectivity index (χ4v) is 4.17. The molecule has 35 heavy (non-hydrogen) atoms. The molecular formula is C26H22FN5O3. The van der Waals surface area contributed by atoms with Crippen molar-refractivity contribution >= 4 is 33.6 Å². The van der Waals surface area contributed by atoms with Crippen LogP contribution in [0.5, 0.6) is 5.75 Å². The first kappa shape index (κ1) is 22.1. The highest BCUT2D eigenvalue weighted by Crippen LogP contribution is 2.34. The van der Waals surface area contributed by atoms with Crippen molar-refractivity contribution in [1.82, 2.24) is 19.9 Å². The number of hydrogen-bond donors (Lipinski definition) is 3. The van der Waals surface area contributed by atoms with E-state index in [1.807, 2.05) is 22.9 Å². The van der Waals surface area contributed by atoms with Crippen LogP contribution in [0.2, 0.25) is 0 Å². The number of primary amides is 1. The summed E-state index contributed by atoms with van der Waals surface area (Å²) in [6, 6.07) is 13.4. The van der Waals surface area contributed by atoms with Gasteiger partial charge in [0.1, 0.15) is 0 Å². The van der Waals surface area contributed by atoms with E-state index in [-0.39, 0.29) is 17.2 Å². The molecule has 3 aromatic carbocycles. The summed E-state index contributed by atoms with van der Waals surface area (Å²) >= 11 is 0. The molecule has 5 aromatic rings. The number of ether oxygens (including phenoxy) is 1. The lowest BCUT2D eigenvalue weighted by Gasteiger charge is -2.08. The number of benzene rings is 3. The number of carbonyl (C=O) groups excluding carboxylic acids is 2. The summed E-state index contributed by atoms with van der Waals surface area (Å²) in [6.07, 6.45) is 5.20. The third kappa shape index (κ3) is 4.19. The maximum Gasteiger partial charge on any atom is 0.251 e. The van der Waals surface area contributed by atoms with Crippen LogP contribution >= 0.6 is 0 Å². The first-order valence-electron chi connectivity index (χ1n) is 10.9. The van der Waals surface area contributed by atoms with Gasteiger partial charge in [-0.25, -0.2) is 9.37 Å². The zero-order valence-electron chi connectivity index (χ0n) is 18.8. The molecule has 0 aliphatic heterocycles. The van der Waals surface area contributed by atoms with Crippen molar-refractivity contribution in [3.63, 3.8) is 0 Å². The van der Waals surface area contributed by atoms with E-state index in [0.29, 0.717) is 40.8 Å². The van der Waals surface area contributed by atoms with Gasteiger partial charge < -0.3 is 25.3 Å². The number of carbonyl (C=O) groups is 2. The molecule has 0 fully saturated rings. The molecule has 0 saturated heterocycles. The Labute approximate surface area is 199 Å². The van der Waals surface area contributed by atoms with Crippen molar-refractivity contribution in [3.05, 3.63) is 84.2 Å². The van der Waals surface area contributed by atoms with Gasteiger partial charge in [0.05, 0.1) is 24.5 Å². The summed E-state index contributed by atoms with van der Waals surface area (Å²) in [7, 11) is 1.40. The van der Waals surface area contributed by atoms with Gasteiger partial charge in [0, 0.05) is 47.3 Å². The van der Waals surface area contributed by atoms with E-state index in [2.05, 4.69) is 15.3 Å². The summed E-state index contributed by atoms with van der Waals surface area (Å²) in [6.45, 7) is 1.06. The van der Waals surface area contributed by atoms with Crippen LogP contribution in [-0.4, -0.2) is 40.0 Å². The number of H-pyrrole nitrogens is 1. The molecule has 2 heterocycles. The minimum Gasteiger partial charge on any atom is -0.494 e. The van der Waals surface area contributed by atoms with Crippen molar-refractivity contribution in [2.75, 3.05) is 13.7 Å². The van der Waals surface area contributed by atoms with Gasteiger partial charge in [0.2, 0.25) is 0 Å². The Morgan fingerprint density at radius 2 is 1.97 bits per heavy atom. The number of nitrogens with one attached hydrogen (secondary N) is 2. The first-order chi connectivity index (χ1) is 16.9. The van der Waals surface area contributed by atoms with E-state index in [1.54, 1.807) is 36.8 Å². The standard InChI is InChI=1S/C26H22FN5O3/c1-35-23-5-3-15(12-21(23)27)17-10-19-18-4-2-16(26(34)30-7-9-32-8-6-29-14-32)13-22(18)31-24(19)20(11-17)25(28)33/h2-6,8,10-14,31H,7,9H2,1H3,(H2,28,33)(H,30,34). The lowest BCUT2D eigenvalue weighted by atomic mass is 9.98. The first-order valence-corrected chi connectivity index (χ1v) is 10.9. The summed E-state index contributed by atoms with van der Waals surface area (Å²) in [4.78, 5) is 32.1. The molecule has 4 N–H and O–H groups in total. The monoisotopic (exact) mass is 471 g/mol. The van der Waals surface area contributed by atoms with Crippen molar-refractivity contribution < 1.29 is 18.7 Å². The van der Waals surface area contributed by atoms with Gasteiger partial charge >= 0.3 is 0 Å². The number of rotatable bonds is 7. The number of methoxy groups -OCH3 is 1. The summed E-state index contributed by atoms with van der Waals surface area (Å²) in [5, 5.41) is 4.45. The van der Waals surface area contributed by atoms with Gasteiger partial charge in [-0.3, -0.25) is 9.59 Å². The zero-order chi connectivity index (χ0) is 24.5. The van der Waals surface area contributed by atoms with Crippen molar-refractivity contribution in [1.29, 1.82) is 0 Å². The van der Waals surface area contributed by atoms with Gasteiger partial charge in [-0.05, 0) is 47.5 Å². The summed E-state index contributed by atoms with van der Waals surface area (Å²) in [5.74, 6) is -1.20. The molecular weight excluding hydrogens is 449 g/mol. The average Bonchev–Trinajstić information content (AvgIpc) is 3.50. The lowest BCUT2D eigenvalue weighted by molar-refractivity contribution is 0.0951. The molecule has 0 aliphatic carbocycles. The number of nitrogens with two attached hydrogens (primary N) is 1. The fourth-order valence-electron chi connectivity index (χ4n) is 4.17. The SMILES string of the molecule is COc1ccc(-c2cc(C(N)=O)c3[nH]c4cc(C(=O)NCCn5ccnc5)ccc4c3c2)cc1F. The van der Waals surface area contributed by atoms with Crippen LogP contribution in [0.1, 0.15) is 20.7 Å². The van der Waals surface area contributed by atoms with Crippen LogP contribution in [0.15, 0.2) is 67.3 Å². The number of halogens is 1. The predicted octanol–water partition coefficient (Wildman–Crippen LogP) is 3.86. The van der Waals surface area contributed by atoms with Crippen molar-refractivity contribution in [3.8, 4) is 16.9 Å². The van der Waals surface area contributed by atoms with Gasteiger partial charge in [0.15, 0.2) is 11.6 Å². The Kier molecular flexibility index (Phi) is 5.66. The third-order valence-electron chi connectivity index (χ3n) is 5.94. The van der Waals surface area contributed by atoms with E-state index in [4.69, 9.17) is 10.5 Å². The Hall–Kier alpha value is -4.66. The fraction of sp³-hybridized carbons (Fsp3) is 0.115. The highest BCUT2D eigenvalue weighted by atomic mass is 19.1. The van der Waals surface area contributed by atoms with E-state index in [0.717, 1.165) is 10.8 Å². The molecule has 0 saturated carbocycles. The second-order valence-corrected chi connectivity index (χ2v) is 8.10. The number of imidazole rings is 1. The Bertz CT molecular complexity index is 1570. The number of hydrogen-bond acceptors (Lipinski definition) is 4. The van der Waals surface area contributed by atoms with E-state index in [9.17, 15) is 14.0 Å². The molecule has 2 aromatic heterocycles. The molecule has 0 radical (unpaired) electrons. The smallest absolute Gasteiger partial charge is 0.251 e. The van der Waals surface area contributed by atoms with Gasteiger partial charge in [0.25, 0.3) is 11.8 Å². The maximum atomic E-state index is 14.3. The molecule has 0 bridgehead atoms. The van der Waals surface area contributed by atoms with Crippen LogP contribution in [-0.2, 0) is 6.54 Å². The number of nitrogens with zero attached hydrogens (tertiary/aromatic N) is 2. The molecule has 0 atom stereocenters. The van der Waals surface area contributed by atoms with Crippen LogP contribution < -0.4 is 15.8 Å². The molecule has 9 heteroatoms. The van der Waals surface area contributed by atoms with Crippen LogP contribution in [0, 0.1) is 5.82 Å². The highest BCUT2D eigenvalue weighted by Gasteiger charge is 2.17. The van der Waals surface area contributed by atoms with Gasteiger partial charge in [-0.1, -0.05) is 12.1 Å². The molecule has 8 nitrogen and oxygen atoms in total. The van der Waals surface area contributed by atoms with E-state index in [1.165, 1.54) is 19.2 Å². The number of aromatic amines is 1. The topological polar surface area (TPSA) is 115 Å². The minimum absolute atomic E-state index is 0.132. The second-order valence-electron chi connectivity index (χ2n) is 8.10. The molecule has 176 valence electrons. The van der Waals surface area contributed by atoms with Gasteiger partial charge in [-0.15, -0.1) is 0 Å². The highest BCUT2D eigenvalue weighted by molar-refractivity contribution is 6.17. The Morgan fingerprint density at radius 1 is 1.11 bits per heavy atom. The van der Waals surface area contributed by atoms with E-state index < -0.39 is 11.7 Å². The number of amides is 2. The summed E-state index contributed by atoms with van der Waals surface area (Å²) in [5.41, 5.74) is 8.88. The largest absolute Gasteiger partial charge is 0.494 e. The molecule has 2 amide bonds. The van der Waals surface area contributed by atoms with Crippen molar-refractivity contribution in [2.24, 2.45) is 5.73 Å². The Balaban J connectivity index is 1.51. The predicted molar refractivity (Wildman–Crippen MR) is 131 cm³/mol. The normalized spacial score (nSPS) is 11.1. The number of fused-ring (bicyclic) bond motifs is 3. The van der Waals surface area contributed by atoms with Crippen LogP contribution in [0.3, 0.4) is 0 Å². The quantitative estimate of drug-likeness (QED) is 0.334. The summed E-state index contributed by atoms with van der Waals surface area (Å²) < 4.78 is 21.2. The molecule has 0 spiro atoms. The van der Waals surface area contributed by atoms with Crippen LogP contribution in [0.4, 0.5) is 4.39 Å². The minimum atomic E-state index is -0.616. The van der Waals surface area contributed by atoms with Crippen LogP contribution in [0.25, 0.3) is 32.9 Å². The maximum absolute atomic E-state index is 14.3. The third-order valence-corrected chi connectivity index (χ3v) is 5.94. The zero-order valence-corrected chi connectivity index (χ0v) is 18.8. The molecule has 0 unspecified atom stereocenters. The average molecular weight is 471 g/mol. The second kappa shape index (κ2) is 8.94. The van der Waals surface area contributed by atoms with E-state index >= 15 is 0 Å². The molecule has 0 aliphatic rings. The lowest BCUT2D eigenvalue weighted by Crippen LogP contribution is -2.26.